The second-order valence-corrected chi connectivity index (χ2v) is 5.53. The van der Waals surface area contributed by atoms with E-state index in [4.69, 9.17) is 4.74 Å². The lowest BCUT2D eigenvalue weighted by Crippen LogP contribution is -2.21. The Morgan fingerprint density at radius 3 is 2.53 bits per heavy atom. The minimum atomic E-state index is 0.274. The number of allylic oxidation sites excluding steroid dienone is 2. The number of rotatable bonds is 5. The van der Waals surface area contributed by atoms with E-state index in [1.807, 2.05) is 6.08 Å². The smallest absolute Gasteiger partial charge is 0.0862 e. The van der Waals surface area contributed by atoms with E-state index in [0.29, 0.717) is 0 Å². The molecule has 0 spiro atoms. The molecule has 0 saturated heterocycles. The van der Waals surface area contributed by atoms with Gasteiger partial charge in [0.05, 0.1) is 6.10 Å². The van der Waals surface area contributed by atoms with Gasteiger partial charge in [0.15, 0.2) is 0 Å². The normalized spacial score (nSPS) is 29.2. The van der Waals surface area contributed by atoms with E-state index >= 15 is 0 Å². The maximum absolute atomic E-state index is 5.87. The molecule has 0 aromatic carbocycles. The Hall–Kier alpha value is -0.820. The first-order chi connectivity index (χ1) is 8.33. The van der Waals surface area contributed by atoms with E-state index in [-0.39, 0.29) is 6.10 Å². The van der Waals surface area contributed by atoms with Gasteiger partial charge in [-0.15, -0.1) is 0 Å². The Bertz CT molecular complexity index is 380. The van der Waals surface area contributed by atoms with Gasteiger partial charge in [-0.25, -0.2) is 0 Å². The van der Waals surface area contributed by atoms with Crippen molar-refractivity contribution in [3.05, 3.63) is 35.5 Å². The topological polar surface area (TPSA) is 9.23 Å². The minimum absolute atomic E-state index is 0.274. The molecule has 0 bridgehead atoms. The van der Waals surface area contributed by atoms with Gasteiger partial charge >= 0.3 is 0 Å². The summed E-state index contributed by atoms with van der Waals surface area (Å²) in [5.41, 5.74) is 4.67. The highest BCUT2D eigenvalue weighted by Crippen LogP contribution is 2.49. The highest BCUT2D eigenvalue weighted by atomic mass is 16.5. The van der Waals surface area contributed by atoms with Crippen LogP contribution in [0.5, 0.6) is 0 Å². The van der Waals surface area contributed by atoms with Crippen molar-refractivity contribution < 1.29 is 4.74 Å². The van der Waals surface area contributed by atoms with Gasteiger partial charge in [-0.3, -0.25) is 0 Å². The van der Waals surface area contributed by atoms with E-state index in [0.717, 1.165) is 24.9 Å². The average molecular weight is 230 g/mol. The van der Waals surface area contributed by atoms with Crippen LogP contribution in [-0.4, -0.2) is 12.7 Å². The summed E-state index contributed by atoms with van der Waals surface area (Å²) in [5, 5.41) is 0. The van der Waals surface area contributed by atoms with Crippen molar-refractivity contribution in [3.8, 4) is 0 Å². The number of ether oxygens (including phenoxy) is 1. The van der Waals surface area contributed by atoms with E-state index in [1.54, 1.807) is 11.1 Å². The summed E-state index contributed by atoms with van der Waals surface area (Å²) in [4.78, 5) is 0. The van der Waals surface area contributed by atoms with Gasteiger partial charge in [-0.2, -0.15) is 0 Å². The Morgan fingerprint density at radius 1 is 1.29 bits per heavy atom. The molecular weight excluding hydrogens is 208 g/mol. The largest absolute Gasteiger partial charge is 0.373 e. The van der Waals surface area contributed by atoms with Crippen LogP contribution < -0.4 is 0 Å². The summed E-state index contributed by atoms with van der Waals surface area (Å²) in [5.74, 6) is 1.75. The van der Waals surface area contributed by atoms with Crippen LogP contribution in [0.2, 0.25) is 0 Å². The summed E-state index contributed by atoms with van der Waals surface area (Å²) in [6.45, 7) is 6.82. The molecule has 3 aliphatic rings. The van der Waals surface area contributed by atoms with Crippen LogP contribution in [0.15, 0.2) is 35.5 Å². The predicted molar refractivity (Wildman–Crippen MR) is 70.8 cm³/mol. The lowest BCUT2D eigenvalue weighted by Gasteiger charge is -2.27. The van der Waals surface area contributed by atoms with E-state index in [9.17, 15) is 0 Å². The maximum atomic E-state index is 5.87. The fourth-order valence-electron chi connectivity index (χ4n) is 2.96. The van der Waals surface area contributed by atoms with Crippen molar-refractivity contribution in [2.45, 2.75) is 45.1 Å². The summed E-state index contributed by atoms with van der Waals surface area (Å²) >= 11 is 0. The fraction of sp³-hybridized carbons (Fsp3) is 0.625. The van der Waals surface area contributed by atoms with Gasteiger partial charge in [-0.1, -0.05) is 24.3 Å². The minimum Gasteiger partial charge on any atom is -0.373 e. The highest BCUT2D eigenvalue weighted by molar-refractivity contribution is 5.45. The molecule has 0 aromatic rings. The predicted octanol–water partition coefficient (Wildman–Crippen LogP) is 4.02. The van der Waals surface area contributed by atoms with Crippen molar-refractivity contribution in [1.29, 1.82) is 0 Å². The molecule has 0 heterocycles. The number of hydrogen-bond acceptors (Lipinski definition) is 1. The second-order valence-electron chi connectivity index (χ2n) is 5.53. The fourth-order valence-corrected chi connectivity index (χ4v) is 2.96. The van der Waals surface area contributed by atoms with Crippen LogP contribution in [0.3, 0.4) is 0 Å². The molecule has 3 rings (SSSR count). The molecule has 0 aromatic heterocycles. The van der Waals surface area contributed by atoms with E-state index < -0.39 is 0 Å². The van der Waals surface area contributed by atoms with Gasteiger partial charge in [0.1, 0.15) is 0 Å². The first-order valence-corrected chi connectivity index (χ1v) is 7.02. The molecule has 1 atom stereocenters. The van der Waals surface area contributed by atoms with Crippen molar-refractivity contribution in [2.24, 2.45) is 11.8 Å². The van der Waals surface area contributed by atoms with Gasteiger partial charge in [0.2, 0.25) is 0 Å². The average Bonchev–Trinajstić information content (AvgIpc) is 3.18. The van der Waals surface area contributed by atoms with Crippen LogP contribution in [0.4, 0.5) is 0 Å². The first-order valence-electron chi connectivity index (χ1n) is 7.02. The van der Waals surface area contributed by atoms with Crippen LogP contribution in [0.25, 0.3) is 0 Å². The molecule has 92 valence electrons. The van der Waals surface area contributed by atoms with Crippen LogP contribution in [0, 0.1) is 11.8 Å². The third-order valence-electron chi connectivity index (χ3n) is 4.16. The van der Waals surface area contributed by atoms with Gasteiger partial charge < -0.3 is 4.74 Å². The Balaban J connectivity index is 1.89. The standard InChI is InChI=1S/C16H22O/c1-3-11-9-14(12-5-6-12)15(13-7-8-13)10-16(11)17-4-2/h3,9,12-13,16H,1,4-8,10H2,2H3. The highest BCUT2D eigenvalue weighted by Gasteiger charge is 2.37. The summed E-state index contributed by atoms with van der Waals surface area (Å²) in [6.07, 6.45) is 11.4. The van der Waals surface area contributed by atoms with Crippen molar-refractivity contribution >= 4 is 0 Å². The zero-order valence-electron chi connectivity index (χ0n) is 10.7. The molecule has 0 radical (unpaired) electrons. The van der Waals surface area contributed by atoms with Crippen molar-refractivity contribution in [1.82, 2.24) is 0 Å². The van der Waals surface area contributed by atoms with Gasteiger partial charge in [0, 0.05) is 6.61 Å². The summed E-state index contributed by atoms with van der Waals surface area (Å²) in [7, 11) is 0. The third kappa shape index (κ3) is 2.26. The second kappa shape index (κ2) is 4.45. The summed E-state index contributed by atoms with van der Waals surface area (Å²) in [6, 6.07) is 0. The summed E-state index contributed by atoms with van der Waals surface area (Å²) < 4.78 is 5.87. The Kier molecular flexibility index (Phi) is 2.96. The molecule has 2 fully saturated rings. The quantitative estimate of drug-likeness (QED) is 0.693. The van der Waals surface area contributed by atoms with Crippen LogP contribution in [0.1, 0.15) is 39.0 Å². The van der Waals surface area contributed by atoms with Crippen molar-refractivity contribution in [2.75, 3.05) is 6.61 Å². The molecule has 1 heteroatoms. The molecule has 0 N–H and O–H groups in total. The van der Waals surface area contributed by atoms with Crippen LogP contribution >= 0.6 is 0 Å². The molecule has 2 saturated carbocycles. The van der Waals surface area contributed by atoms with Gasteiger partial charge in [-0.05, 0) is 62.0 Å². The molecule has 1 unspecified atom stereocenters. The molecule has 1 nitrogen and oxygen atoms in total. The molecule has 0 amide bonds. The lowest BCUT2D eigenvalue weighted by molar-refractivity contribution is 0.0885. The zero-order valence-corrected chi connectivity index (χ0v) is 10.7. The molecule has 0 aliphatic heterocycles. The molecule has 17 heavy (non-hydrogen) atoms. The SMILES string of the molecule is C=CC1=CC(C2CC2)=C(C2CC2)CC1OCC. The zero-order chi connectivity index (χ0) is 11.8. The molecule has 3 aliphatic carbocycles. The van der Waals surface area contributed by atoms with Crippen molar-refractivity contribution in [3.63, 3.8) is 0 Å². The lowest BCUT2D eigenvalue weighted by atomic mass is 9.85. The van der Waals surface area contributed by atoms with E-state index in [2.05, 4.69) is 19.6 Å². The number of hydrogen-bond donors (Lipinski definition) is 0. The third-order valence-corrected chi connectivity index (χ3v) is 4.16. The Morgan fingerprint density at radius 2 is 2.00 bits per heavy atom. The van der Waals surface area contributed by atoms with Crippen LogP contribution in [-0.2, 0) is 4.74 Å². The van der Waals surface area contributed by atoms with Gasteiger partial charge in [0.25, 0.3) is 0 Å². The Labute approximate surface area is 104 Å². The monoisotopic (exact) mass is 230 g/mol. The maximum Gasteiger partial charge on any atom is 0.0862 e. The molecular formula is C16H22O. The van der Waals surface area contributed by atoms with E-state index in [1.165, 1.54) is 31.3 Å². The first kappa shape index (κ1) is 11.3.